The van der Waals surface area contributed by atoms with E-state index < -0.39 is 28.8 Å². The molecule has 3 N–H and O–H groups in total. The molecule has 4 atom stereocenters. The summed E-state index contributed by atoms with van der Waals surface area (Å²) < 4.78 is 4.94. The third kappa shape index (κ3) is 2.72. The van der Waals surface area contributed by atoms with Crippen LogP contribution in [-0.4, -0.2) is 56.1 Å². The van der Waals surface area contributed by atoms with Crippen LogP contribution in [0.1, 0.15) is 11.8 Å². The summed E-state index contributed by atoms with van der Waals surface area (Å²) in [7, 11) is 0. The van der Waals surface area contributed by atoms with Gasteiger partial charge in [-0.05, 0) is 12.1 Å². The molecule has 10 heteroatoms. The highest BCUT2D eigenvalue weighted by Crippen LogP contribution is 2.38. The predicted molar refractivity (Wildman–Crippen MR) is 83.2 cm³/mol. The van der Waals surface area contributed by atoms with Crippen molar-refractivity contribution < 1.29 is 24.4 Å². The smallest absolute Gasteiger partial charge is 0.382 e. The molecule has 2 fully saturated rings. The fourth-order valence-corrected chi connectivity index (χ4v) is 3.99. The quantitative estimate of drug-likeness (QED) is 0.243. The average Bonchev–Trinajstić information content (AvgIpc) is 2.59. The van der Waals surface area contributed by atoms with Crippen LogP contribution in [0, 0.1) is 10.1 Å². The van der Waals surface area contributed by atoms with E-state index >= 15 is 0 Å². The third-order valence-corrected chi connectivity index (χ3v) is 5.52. The molecular weight excluding hydrogens is 338 g/mol. The summed E-state index contributed by atoms with van der Waals surface area (Å²) in [5, 5.41) is 21.4. The van der Waals surface area contributed by atoms with Crippen LogP contribution in [0.4, 0.5) is 0 Å². The maximum Gasteiger partial charge on any atom is 0.382 e. The van der Waals surface area contributed by atoms with Crippen LogP contribution < -0.4 is 5.73 Å². The highest BCUT2D eigenvalue weighted by Gasteiger charge is 2.56. The molecule has 9 nitrogen and oxygen atoms in total. The lowest BCUT2D eigenvalue weighted by Crippen LogP contribution is -2.73. The number of carbonyl (C=O) groups is 2. The van der Waals surface area contributed by atoms with Gasteiger partial charge in [-0.25, -0.2) is 4.79 Å². The van der Waals surface area contributed by atoms with Gasteiger partial charge in [0.25, 0.3) is 0 Å². The number of amides is 1. The van der Waals surface area contributed by atoms with Crippen molar-refractivity contribution in [3.8, 4) is 0 Å². The zero-order valence-electron chi connectivity index (χ0n) is 12.4. The Morgan fingerprint density at radius 1 is 1.50 bits per heavy atom. The summed E-state index contributed by atoms with van der Waals surface area (Å²) in [5.41, 5.74) is 3.82. The molecule has 1 aromatic rings. The van der Waals surface area contributed by atoms with E-state index in [-0.39, 0.29) is 29.1 Å². The zero-order chi connectivity index (χ0) is 17.5. The van der Waals surface area contributed by atoms with Crippen LogP contribution in [0.2, 0.25) is 0 Å². The van der Waals surface area contributed by atoms with Crippen LogP contribution in [0.5, 0.6) is 0 Å². The Hall–Kier alpha value is -2.17. The van der Waals surface area contributed by atoms with Crippen LogP contribution in [0.15, 0.2) is 30.3 Å². The fourth-order valence-electron chi connectivity index (χ4n) is 2.65. The van der Waals surface area contributed by atoms with Crippen LogP contribution in [0.3, 0.4) is 0 Å². The first kappa shape index (κ1) is 16.7. The number of β-lactam (4-membered cyclic amide) rings is 1. The number of thioether (sulfide) groups is 1. The first-order chi connectivity index (χ1) is 11.3. The Balaban J connectivity index is 1.73. The van der Waals surface area contributed by atoms with Crippen molar-refractivity contribution in [2.75, 3.05) is 12.3 Å². The molecule has 0 spiro atoms. The Morgan fingerprint density at radius 2 is 2.17 bits per heavy atom. The number of nitrogens with zero attached hydrogens (tertiary/aromatic N) is 2. The van der Waals surface area contributed by atoms with Crippen molar-refractivity contribution >= 4 is 23.6 Å². The molecule has 2 heterocycles. The molecule has 2 aliphatic rings. The van der Waals surface area contributed by atoms with Crippen molar-refractivity contribution in [3.63, 3.8) is 0 Å². The molecule has 24 heavy (non-hydrogen) atoms. The second-order valence-electron chi connectivity index (χ2n) is 5.68. The van der Waals surface area contributed by atoms with Gasteiger partial charge in [-0.1, -0.05) is 18.2 Å². The monoisotopic (exact) mass is 353 g/mol. The van der Waals surface area contributed by atoms with Gasteiger partial charge in [0.2, 0.25) is 5.91 Å². The van der Waals surface area contributed by atoms with Crippen molar-refractivity contribution in [3.05, 3.63) is 46.0 Å². The Kier molecular flexibility index (Phi) is 4.20. The van der Waals surface area contributed by atoms with Gasteiger partial charge >= 0.3 is 12.2 Å². The molecule has 0 aliphatic carbocycles. The SMILES string of the molecule is NC1C(=O)N2CC(O)(C(=O)OC(c3ccccc3)[N+](=O)[O-])CS[C@H]12. The van der Waals surface area contributed by atoms with E-state index in [0.29, 0.717) is 0 Å². The Morgan fingerprint density at radius 3 is 2.79 bits per heavy atom. The lowest BCUT2D eigenvalue weighted by atomic mass is 10.00. The molecular formula is C14H15N3O6S. The van der Waals surface area contributed by atoms with Gasteiger partial charge in [-0.2, -0.15) is 0 Å². The summed E-state index contributed by atoms with van der Waals surface area (Å²) >= 11 is 1.15. The van der Waals surface area contributed by atoms with Crippen LogP contribution in [-0.2, 0) is 14.3 Å². The lowest BCUT2D eigenvalue weighted by Gasteiger charge is -2.51. The van der Waals surface area contributed by atoms with Crippen molar-refractivity contribution in [1.29, 1.82) is 0 Å². The van der Waals surface area contributed by atoms with E-state index in [9.17, 15) is 24.8 Å². The van der Waals surface area contributed by atoms with Crippen molar-refractivity contribution in [2.24, 2.45) is 5.73 Å². The van der Waals surface area contributed by atoms with E-state index in [1.54, 1.807) is 18.2 Å². The zero-order valence-corrected chi connectivity index (χ0v) is 13.2. The molecule has 2 aliphatic heterocycles. The maximum absolute atomic E-state index is 12.3. The molecule has 128 valence electrons. The number of rotatable bonds is 4. The van der Waals surface area contributed by atoms with E-state index in [0.717, 1.165) is 11.8 Å². The number of aliphatic hydroxyl groups is 1. The van der Waals surface area contributed by atoms with E-state index in [2.05, 4.69) is 0 Å². The van der Waals surface area contributed by atoms with E-state index in [1.807, 2.05) is 0 Å². The number of nitrogens with two attached hydrogens (primary N) is 1. The summed E-state index contributed by atoms with van der Waals surface area (Å²) in [5.74, 6) is -1.55. The molecule has 0 saturated carbocycles. The summed E-state index contributed by atoms with van der Waals surface area (Å²) in [6.07, 6.45) is -1.72. The van der Waals surface area contributed by atoms with Crippen LogP contribution >= 0.6 is 11.8 Å². The van der Waals surface area contributed by atoms with Gasteiger partial charge in [-0.15, -0.1) is 11.8 Å². The average molecular weight is 353 g/mol. The molecule has 1 amide bonds. The van der Waals surface area contributed by atoms with Gasteiger partial charge in [0, 0.05) is 5.75 Å². The minimum atomic E-state index is -2.00. The van der Waals surface area contributed by atoms with Gasteiger partial charge in [0.1, 0.15) is 11.4 Å². The molecule has 0 bridgehead atoms. The molecule has 0 aromatic heterocycles. The minimum absolute atomic E-state index is 0.0484. The summed E-state index contributed by atoms with van der Waals surface area (Å²) in [4.78, 5) is 35.7. The number of hydrogen-bond acceptors (Lipinski definition) is 8. The van der Waals surface area contributed by atoms with Crippen LogP contribution in [0.25, 0.3) is 0 Å². The fraction of sp³-hybridized carbons (Fsp3) is 0.429. The van der Waals surface area contributed by atoms with Gasteiger partial charge < -0.3 is 20.5 Å². The number of hydrogen-bond donors (Lipinski definition) is 2. The standard InChI is InChI=1S/C14H15N3O6S/c15-9-10(18)16-6-14(20,7-24-12(9)16)13(19)23-11(17(21)22)8-4-2-1-3-5-8/h1-5,9,11-12,20H,6-7,15H2/t9?,11?,12-,14?/m1/s1. The normalized spacial score (nSPS) is 30.1. The molecule has 3 rings (SSSR count). The highest BCUT2D eigenvalue weighted by atomic mass is 32.2. The highest BCUT2D eigenvalue weighted by molar-refractivity contribution is 8.00. The van der Waals surface area contributed by atoms with Gasteiger partial charge in [-0.3, -0.25) is 14.9 Å². The Labute approximate surface area is 140 Å². The molecule has 1 aromatic carbocycles. The lowest BCUT2D eigenvalue weighted by molar-refractivity contribution is -0.576. The van der Waals surface area contributed by atoms with Crippen molar-refractivity contribution in [1.82, 2.24) is 4.90 Å². The first-order valence-electron chi connectivity index (χ1n) is 7.13. The van der Waals surface area contributed by atoms with E-state index in [1.165, 1.54) is 17.0 Å². The number of nitro groups is 1. The topological polar surface area (TPSA) is 136 Å². The first-order valence-corrected chi connectivity index (χ1v) is 8.18. The number of benzene rings is 1. The van der Waals surface area contributed by atoms with Gasteiger partial charge in [0.15, 0.2) is 5.60 Å². The number of ether oxygens (including phenoxy) is 1. The number of fused-ring (bicyclic) bond motifs is 1. The van der Waals surface area contributed by atoms with E-state index in [4.69, 9.17) is 10.5 Å². The Bertz CT molecular complexity index is 686. The van der Waals surface area contributed by atoms with Crippen molar-refractivity contribution in [2.45, 2.75) is 23.2 Å². The molecule has 2 saturated heterocycles. The largest absolute Gasteiger partial charge is 0.392 e. The number of carbonyl (C=O) groups excluding carboxylic acids is 2. The van der Waals surface area contributed by atoms with Gasteiger partial charge in [0.05, 0.1) is 17.0 Å². The number of esters is 1. The molecule has 0 radical (unpaired) electrons. The third-order valence-electron chi connectivity index (χ3n) is 3.98. The second-order valence-corrected chi connectivity index (χ2v) is 6.78. The molecule has 3 unspecified atom stereocenters. The minimum Gasteiger partial charge on any atom is -0.392 e. The predicted octanol–water partition coefficient (Wildman–Crippen LogP) is -0.521. The second kappa shape index (κ2) is 6.04. The summed E-state index contributed by atoms with van der Waals surface area (Å²) in [6, 6.07) is 7.09. The maximum atomic E-state index is 12.3. The summed E-state index contributed by atoms with van der Waals surface area (Å²) in [6.45, 7) is -0.282.